The smallest absolute Gasteiger partial charge is 0.0931 e. The van der Waals surface area contributed by atoms with Crippen molar-refractivity contribution < 1.29 is 0 Å². The number of nitrogens with zero attached hydrogens (tertiary/aromatic N) is 1. The maximum atomic E-state index is 5.88. The minimum Gasteiger partial charge on any atom is -0.305 e. The number of thiophene rings is 1. The van der Waals surface area contributed by atoms with Gasteiger partial charge in [-0.05, 0) is 19.1 Å². The molecule has 0 fully saturated rings. The van der Waals surface area contributed by atoms with E-state index >= 15 is 0 Å². The highest BCUT2D eigenvalue weighted by Gasteiger charge is 2.07. The zero-order valence-electron chi connectivity index (χ0n) is 8.33. The van der Waals surface area contributed by atoms with Crippen molar-refractivity contribution in [1.82, 2.24) is 15.5 Å². The second-order valence-electron chi connectivity index (χ2n) is 3.35. The number of aromatic amines is 1. The van der Waals surface area contributed by atoms with Crippen LogP contribution in [-0.2, 0) is 6.54 Å². The average Bonchev–Trinajstić information content (AvgIpc) is 2.84. The third kappa shape index (κ3) is 2.81. The average molecular weight is 242 g/mol. The van der Waals surface area contributed by atoms with E-state index in [0.29, 0.717) is 6.04 Å². The Bertz CT molecular complexity index is 410. The van der Waals surface area contributed by atoms with E-state index in [1.54, 1.807) is 11.3 Å². The van der Waals surface area contributed by atoms with Crippen LogP contribution < -0.4 is 5.32 Å². The maximum absolute atomic E-state index is 5.88. The molecule has 0 aliphatic rings. The van der Waals surface area contributed by atoms with E-state index in [2.05, 4.69) is 28.5 Å². The monoisotopic (exact) mass is 241 g/mol. The minimum absolute atomic E-state index is 0.317. The number of nitrogens with one attached hydrogen (secondary N) is 2. The molecule has 0 saturated carbocycles. The number of halogens is 1. The third-order valence-electron chi connectivity index (χ3n) is 2.19. The Morgan fingerprint density at radius 3 is 3.07 bits per heavy atom. The van der Waals surface area contributed by atoms with E-state index in [4.69, 9.17) is 11.6 Å². The van der Waals surface area contributed by atoms with Crippen molar-refractivity contribution in [3.05, 3.63) is 39.3 Å². The summed E-state index contributed by atoms with van der Waals surface area (Å²) >= 11 is 7.49. The highest BCUT2D eigenvalue weighted by atomic mass is 35.5. The first-order chi connectivity index (χ1) is 7.25. The summed E-state index contributed by atoms with van der Waals surface area (Å²) in [6.45, 7) is 2.94. The summed E-state index contributed by atoms with van der Waals surface area (Å²) in [5.41, 5.74) is 1.16. The topological polar surface area (TPSA) is 40.7 Å². The first-order valence-electron chi connectivity index (χ1n) is 4.72. The van der Waals surface area contributed by atoms with Crippen LogP contribution in [0.5, 0.6) is 0 Å². The molecule has 0 aromatic carbocycles. The maximum Gasteiger partial charge on any atom is 0.0931 e. The van der Waals surface area contributed by atoms with Crippen molar-refractivity contribution in [3.63, 3.8) is 0 Å². The van der Waals surface area contributed by atoms with Gasteiger partial charge in [-0.1, -0.05) is 11.6 Å². The fourth-order valence-electron chi connectivity index (χ4n) is 1.31. The SMILES string of the molecule is CC(NCc1cn[nH]c1)c1ccc(Cl)s1. The highest BCUT2D eigenvalue weighted by Crippen LogP contribution is 2.26. The van der Waals surface area contributed by atoms with Crippen LogP contribution in [0, 0.1) is 0 Å². The predicted octanol–water partition coefficient (Wildman–Crippen LogP) is 2.98. The van der Waals surface area contributed by atoms with Gasteiger partial charge in [-0.2, -0.15) is 5.10 Å². The van der Waals surface area contributed by atoms with Crippen molar-refractivity contribution in [2.24, 2.45) is 0 Å². The second kappa shape index (κ2) is 4.79. The van der Waals surface area contributed by atoms with Gasteiger partial charge in [-0.3, -0.25) is 5.10 Å². The molecule has 1 atom stereocenters. The van der Waals surface area contributed by atoms with Gasteiger partial charge in [0.15, 0.2) is 0 Å². The molecule has 0 bridgehead atoms. The van der Waals surface area contributed by atoms with Crippen molar-refractivity contribution in [3.8, 4) is 0 Å². The zero-order valence-corrected chi connectivity index (χ0v) is 9.90. The number of hydrogen-bond donors (Lipinski definition) is 2. The first-order valence-corrected chi connectivity index (χ1v) is 5.91. The molecular weight excluding hydrogens is 230 g/mol. The summed E-state index contributed by atoms with van der Waals surface area (Å²) in [4.78, 5) is 1.25. The molecule has 5 heteroatoms. The summed E-state index contributed by atoms with van der Waals surface area (Å²) in [6.07, 6.45) is 3.71. The van der Waals surface area contributed by atoms with Crippen LogP contribution in [0.2, 0.25) is 4.34 Å². The first kappa shape index (κ1) is 10.7. The van der Waals surface area contributed by atoms with Crippen molar-refractivity contribution in [1.29, 1.82) is 0 Å². The van der Waals surface area contributed by atoms with Crippen molar-refractivity contribution in [2.45, 2.75) is 19.5 Å². The molecule has 0 radical (unpaired) electrons. The van der Waals surface area contributed by atoms with E-state index in [1.165, 1.54) is 4.88 Å². The molecule has 0 saturated heterocycles. The molecule has 3 nitrogen and oxygen atoms in total. The number of hydrogen-bond acceptors (Lipinski definition) is 3. The van der Waals surface area contributed by atoms with Gasteiger partial charge in [-0.15, -0.1) is 11.3 Å². The molecule has 2 heterocycles. The summed E-state index contributed by atoms with van der Waals surface area (Å²) < 4.78 is 0.835. The standard InChI is InChI=1S/C10H12ClN3S/c1-7(9-2-3-10(11)15-9)12-4-8-5-13-14-6-8/h2-3,5-7,12H,4H2,1H3,(H,13,14). The Morgan fingerprint density at radius 2 is 2.47 bits per heavy atom. The van der Waals surface area contributed by atoms with E-state index in [9.17, 15) is 0 Å². The molecule has 0 aliphatic carbocycles. The van der Waals surface area contributed by atoms with E-state index < -0.39 is 0 Å². The molecule has 15 heavy (non-hydrogen) atoms. The summed E-state index contributed by atoms with van der Waals surface area (Å²) in [6, 6.07) is 4.30. The lowest BCUT2D eigenvalue weighted by Crippen LogP contribution is -2.16. The highest BCUT2D eigenvalue weighted by molar-refractivity contribution is 7.16. The second-order valence-corrected chi connectivity index (χ2v) is 5.10. The molecule has 0 spiro atoms. The lowest BCUT2D eigenvalue weighted by atomic mass is 10.2. The molecule has 2 rings (SSSR count). The Labute approximate surface area is 97.5 Å². The summed E-state index contributed by atoms with van der Waals surface area (Å²) in [5, 5.41) is 10.1. The molecule has 80 valence electrons. The van der Waals surface area contributed by atoms with Gasteiger partial charge >= 0.3 is 0 Å². The summed E-state index contributed by atoms with van der Waals surface area (Å²) in [5.74, 6) is 0. The Kier molecular flexibility index (Phi) is 3.41. The molecule has 0 amide bonds. The fourth-order valence-corrected chi connectivity index (χ4v) is 2.39. The Hall–Kier alpha value is -0.840. The predicted molar refractivity (Wildman–Crippen MR) is 63.2 cm³/mol. The van der Waals surface area contributed by atoms with Gasteiger partial charge in [0.2, 0.25) is 0 Å². The summed E-state index contributed by atoms with van der Waals surface area (Å²) in [7, 11) is 0. The minimum atomic E-state index is 0.317. The number of rotatable bonds is 4. The van der Waals surface area contributed by atoms with Gasteiger partial charge in [-0.25, -0.2) is 0 Å². The molecule has 2 aromatic heterocycles. The Morgan fingerprint density at radius 1 is 1.60 bits per heavy atom. The molecule has 0 aliphatic heterocycles. The largest absolute Gasteiger partial charge is 0.305 e. The number of H-pyrrole nitrogens is 1. The van der Waals surface area contributed by atoms with Crippen LogP contribution in [0.25, 0.3) is 0 Å². The van der Waals surface area contributed by atoms with Gasteiger partial charge in [0.25, 0.3) is 0 Å². The third-order valence-corrected chi connectivity index (χ3v) is 3.60. The van der Waals surface area contributed by atoms with Crippen LogP contribution in [0.3, 0.4) is 0 Å². The van der Waals surface area contributed by atoms with Crippen LogP contribution in [0.4, 0.5) is 0 Å². The number of aromatic nitrogens is 2. The van der Waals surface area contributed by atoms with E-state index in [1.807, 2.05) is 18.5 Å². The molecule has 2 aromatic rings. The fraction of sp³-hybridized carbons (Fsp3) is 0.300. The van der Waals surface area contributed by atoms with Gasteiger partial charge in [0.1, 0.15) is 0 Å². The van der Waals surface area contributed by atoms with Gasteiger partial charge in [0, 0.05) is 29.2 Å². The molecule has 2 N–H and O–H groups in total. The van der Waals surface area contributed by atoms with Crippen molar-refractivity contribution in [2.75, 3.05) is 0 Å². The lowest BCUT2D eigenvalue weighted by molar-refractivity contribution is 0.583. The van der Waals surface area contributed by atoms with Gasteiger partial charge in [0.05, 0.1) is 10.5 Å². The van der Waals surface area contributed by atoms with Crippen molar-refractivity contribution >= 4 is 22.9 Å². The Balaban J connectivity index is 1.90. The van der Waals surface area contributed by atoms with E-state index in [-0.39, 0.29) is 0 Å². The normalized spacial score (nSPS) is 12.9. The molecule has 1 unspecified atom stereocenters. The lowest BCUT2D eigenvalue weighted by Gasteiger charge is -2.10. The van der Waals surface area contributed by atoms with Crippen LogP contribution >= 0.6 is 22.9 Å². The van der Waals surface area contributed by atoms with E-state index in [0.717, 1.165) is 16.4 Å². The van der Waals surface area contributed by atoms with Gasteiger partial charge < -0.3 is 5.32 Å². The zero-order chi connectivity index (χ0) is 10.7. The quantitative estimate of drug-likeness (QED) is 0.864. The van der Waals surface area contributed by atoms with Crippen LogP contribution in [0.15, 0.2) is 24.5 Å². The molecular formula is C10H12ClN3S. The van der Waals surface area contributed by atoms with Crippen LogP contribution in [-0.4, -0.2) is 10.2 Å². The van der Waals surface area contributed by atoms with Crippen LogP contribution in [0.1, 0.15) is 23.4 Å².